The number of nitrogens with zero attached hydrogens (tertiary/aromatic N) is 7. The molecule has 0 atom stereocenters. The first-order valence-electron chi connectivity index (χ1n) is 29.4. The van der Waals surface area contributed by atoms with E-state index in [2.05, 4.69) is 102 Å². The maximum Gasteiger partial charge on any atom is 0.495 e. The monoisotopic (exact) mass is 1370 g/mol. The standard InChI is InChI=1S/C20H32BNO4S.C20H27N3O2S.2C6H7BrN2.C3H7BO2.C3H3BrN2/c1-19(2)20(3,4)26-21(25-19)18-14-17(27(23,24)22-5)12-11-16(18)13-15-9-7-6-8-10-15;1-21-26(24,25)18-10-7-16(11-15-5-3-2-4-6-15)19(12-18)20-13-23(14-22-20)17-8-9-17;2*7-6-3-9(4-8-6)5-1-2-5;5-4(6)3-1-2-3;4-3-1-5-2-6-3/h11-12,14-15,22H,6-10,13H2,1-5H3;7,10,12-15,17,21H,2-6,8-9,11H2,1H3;2*3-5H,1-2H2;3,5-6H,1-2H2;1-2H,(H,5,6). The van der Waals surface area contributed by atoms with Crippen LogP contribution in [0, 0.1) is 11.8 Å². The summed E-state index contributed by atoms with van der Waals surface area (Å²) in [6, 6.07) is 13.0. The van der Waals surface area contributed by atoms with Crippen LogP contribution in [0.4, 0.5) is 0 Å². The molecule has 18 nitrogen and oxygen atoms in total. The van der Waals surface area contributed by atoms with Gasteiger partial charge in [0.15, 0.2) is 0 Å². The van der Waals surface area contributed by atoms with Crippen LogP contribution < -0.4 is 14.9 Å². The van der Waals surface area contributed by atoms with Gasteiger partial charge in [0.05, 0.1) is 58.2 Å². The van der Waals surface area contributed by atoms with E-state index in [4.69, 9.17) is 19.4 Å². The van der Waals surface area contributed by atoms with Crippen LogP contribution in [-0.4, -0.2) is 105 Å². The number of aromatic amines is 1. The zero-order valence-corrected chi connectivity index (χ0v) is 55.2. The van der Waals surface area contributed by atoms with Crippen LogP contribution >= 0.6 is 47.8 Å². The molecule has 452 valence electrons. The summed E-state index contributed by atoms with van der Waals surface area (Å²) < 4.78 is 75.8. The van der Waals surface area contributed by atoms with Crippen LogP contribution in [0.3, 0.4) is 0 Å². The molecule has 2 aromatic carbocycles. The maximum atomic E-state index is 12.3. The quantitative estimate of drug-likeness (QED) is 0.0641. The summed E-state index contributed by atoms with van der Waals surface area (Å²) >= 11 is 9.76. The van der Waals surface area contributed by atoms with Crippen LogP contribution in [0.2, 0.25) is 5.82 Å². The van der Waals surface area contributed by atoms with Crippen LogP contribution in [0.15, 0.2) is 110 Å². The van der Waals surface area contributed by atoms with Crippen LogP contribution in [0.1, 0.15) is 173 Å². The second kappa shape index (κ2) is 29.5. The molecule has 0 unspecified atom stereocenters. The molecule has 0 spiro atoms. The van der Waals surface area contributed by atoms with Crippen molar-refractivity contribution in [2.75, 3.05) is 14.1 Å². The molecular weight excluding hydrogens is 1290 g/mol. The second-order valence-corrected chi connectivity index (χ2v) is 30.2. The van der Waals surface area contributed by atoms with Gasteiger partial charge in [0.2, 0.25) is 20.0 Å². The zero-order valence-electron chi connectivity index (χ0n) is 48.8. The first-order chi connectivity index (χ1) is 39.5. The molecule has 0 bridgehead atoms. The van der Waals surface area contributed by atoms with Gasteiger partial charge in [0.25, 0.3) is 0 Å². The number of imidazole rings is 4. The molecule has 5 heterocycles. The Morgan fingerprint density at radius 2 is 1.07 bits per heavy atom. The van der Waals surface area contributed by atoms with E-state index >= 15 is 0 Å². The van der Waals surface area contributed by atoms with Crippen molar-refractivity contribution in [2.24, 2.45) is 11.8 Å². The van der Waals surface area contributed by atoms with Gasteiger partial charge in [-0.25, -0.2) is 46.2 Å². The van der Waals surface area contributed by atoms with Crippen LogP contribution in [-0.2, 0) is 42.2 Å². The van der Waals surface area contributed by atoms with Gasteiger partial charge in [-0.1, -0.05) is 89.2 Å². The molecule has 6 aliphatic carbocycles. The number of rotatable bonds is 14. The van der Waals surface area contributed by atoms with Gasteiger partial charge >= 0.3 is 14.2 Å². The first kappa shape index (κ1) is 65.5. The number of hydrogen-bond acceptors (Lipinski definition) is 12. The van der Waals surface area contributed by atoms with E-state index in [1.54, 1.807) is 36.8 Å². The highest BCUT2D eigenvalue weighted by atomic mass is 79.9. The third kappa shape index (κ3) is 19.5. The summed E-state index contributed by atoms with van der Waals surface area (Å²) in [5.41, 5.74) is 4.12. The fraction of sp³-hybridized carbons (Fsp3) is 0.586. The topological polar surface area (TPSA) is 233 Å². The molecule has 13 rings (SSSR count). The summed E-state index contributed by atoms with van der Waals surface area (Å²) in [7, 11) is -5.69. The number of halogens is 3. The molecule has 5 N–H and O–H groups in total. The van der Waals surface area contributed by atoms with E-state index in [9.17, 15) is 16.8 Å². The lowest BCUT2D eigenvalue weighted by molar-refractivity contribution is 0.00578. The number of H-pyrrole nitrogens is 1. The summed E-state index contributed by atoms with van der Waals surface area (Å²) in [6.07, 6.45) is 39.6. The Bertz CT molecular complexity index is 3160. The fourth-order valence-corrected chi connectivity index (χ4v) is 12.7. The summed E-state index contributed by atoms with van der Waals surface area (Å²) in [6.45, 7) is 8.06. The number of sulfonamides is 2. The average Bonchev–Trinajstić information content (AvgIpc) is 3.82. The molecule has 6 aromatic rings. The normalized spacial score (nSPS) is 19.5. The van der Waals surface area contributed by atoms with Gasteiger partial charge in [-0.05, 0) is 199 Å². The van der Waals surface area contributed by atoms with Crippen molar-refractivity contribution < 1.29 is 36.2 Å². The van der Waals surface area contributed by atoms with Gasteiger partial charge in [-0.3, -0.25) is 0 Å². The molecule has 4 aromatic heterocycles. The Hall–Kier alpha value is -3.49. The lowest BCUT2D eigenvalue weighted by atomic mass is 9.73. The summed E-state index contributed by atoms with van der Waals surface area (Å²) in [4.78, 5) is 19.8. The molecule has 83 heavy (non-hydrogen) atoms. The number of aromatic nitrogens is 8. The lowest BCUT2D eigenvalue weighted by Crippen LogP contribution is -2.41. The van der Waals surface area contributed by atoms with Crippen molar-refractivity contribution in [1.29, 1.82) is 0 Å². The minimum absolute atomic E-state index is 0.213. The molecule has 0 radical (unpaired) electrons. The summed E-state index contributed by atoms with van der Waals surface area (Å²) in [5.74, 6) is 1.55. The maximum absolute atomic E-state index is 12.3. The van der Waals surface area contributed by atoms with Crippen LogP contribution in [0.5, 0.6) is 0 Å². The number of nitrogens with one attached hydrogen (secondary N) is 3. The smallest absolute Gasteiger partial charge is 0.427 e. The van der Waals surface area contributed by atoms with E-state index in [1.807, 2.05) is 71.2 Å². The zero-order chi connectivity index (χ0) is 59.5. The minimum Gasteiger partial charge on any atom is -0.427 e. The van der Waals surface area contributed by atoms with Crippen LogP contribution in [0.25, 0.3) is 11.3 Å². The van der Waals surface area contributed by atoms with Gasteiger partial charge in [-0.2, -0.15) is 0 Å². The number of benzene rings is 2. The molecule has 1 aliphatic heterocycles. The van der Waals surface area contributed by atoms with Crippen molar-refractivity contribution in [3.8, 4) is 11.3 Å². The Labute approximate surface area is 517 Å². The van der Waals surface area contributed by atoms with Crippen molar-refractivity contribution in [1.82, 2.24) is 48.1 Å². The highest BCUT2D eigenvalue weighted by Gasteiger charge is 2.52. The SMILES string of the molecule is Brc1cn(C2CC2)cn1.Brc1cn(C2CC2)cn1.Brc1cnc[nH]1.CNS(=O)(=O)c1ccc(CC2CCCCC2)c(-c2cn(C3CC3)cn2)c1.CNS(=O)(=O)c1ccc(CC2CCCCC2)c(B2OC(C)(C)C(C)(C)O2)c1.OB(O)C1CC1. The van der Waals surface area contributed by atoms with Crippen molar-refractivity contribution in [2.45, 2.75) is 201 Å². The van der Waals surface area contributed by atoms with Gasteiger partial charge in [-0.15, -0.1) is 0 Å². The van der Waals surface area contributed by atoms with Gasteiger partial charge < -0.3 is 38.0 Å². The minimum atomic E-state index is -3.52. The summed E-state index contributed by atoms with van der Waals surface area (Å²) in [5, 5.41) is 16.5. The number of hydrogen-bond donors (Lipinski definition) is 5. The average molecular weight is 1370 g/mol. The van der Waals surface area contributed by atoms with E-state index in [0.717, 1.165) is 73.9 Å². The molecule has 7 aliphatic rings. The van der Waals surface area contributed by atoms with E-state index in [0.29, 0.717) is 22.8 Å². The third-order valence-electron chi connectivity index (χ3n) is 16.8. The fourth-order valence-electron chi connectivity index (χ4n) is 10.3. The van der Waals surface area contributed by atoms with Crippen molar-refractivity contribution in [3.05, 3.63) is 111 Å². The van der Waals surface area contributed by atoms with Gasteiger partial charge in [0.1, 0.15) is 13.8 Å². The Morgan fingerprint density at radius 1 is 0.627 bits per heavy atom. The predicted molar refractivity (Wildman–Crippen MR) is 337 cm³/mol. The van der Waals surface area contributed by atoms with Gasteiger partial charge in [0, 0.05) is 42.3 Å². The molecule has 1 saturated heterocycles. The largest absolute Gasteiger partial charge is 0.495 e. The second-order valence-electron chi connectivity index (χ2n) is 23.9. The molecule has 6 saturated carbocycles. The van der Waals surface area contributed by atoms with Crippen molar-refractivity contribution in [3.63, 3.8) is 0 Å². The van der Waals surface area contributed by atoms with E-state index < -0.39 is 45.5 Å². The molecule has 25 heteroatoms. The molecule has 0 amide bonds. The Kier molecular flexibility index (Phi) is 23.3. The highest BCUT2D eigenvalue weighted by Crippen LogP contribution is 2.40. The first-order valence-corrected chi connectivity index (χ1v) is 34.8. The molecular formula is C58H83B2Br3N10O8S2. The predicted octanol–water partition coefficient (Wildman–Crippen LogP) is 11.7. The van der Waals surface area contributed by atoms with Crippen molar-refractivity contribution >= 4 is 87.5 Å². The van der Waals surface area contributed by atoms with E-state index in [1.165, 1.54) is 122 Å². The molecule has 7 fully saturated rings. The Balaban J connectivity index is 0.000000145. The third-order valence-corrected chi connectivity index (χ3v) is 20.8. The Morgan fingerprint density at radius 3 is 1.45 bits per heavy atom. The highest BCUT2D eigenvalue weighted by molar-refractivity contribution is 9.11. The van der Waals surface area contributed by atoms with E-state index in [-0.39, 0.29) is 10.7 Å². The lowest BCUT2D eigenvalue weighted by Gasteiger charge is -2.32.